The van der Waals surface area contributed by atoms with E-state index in [2.05, 4.69) is 29.4 Å². The zero-order chi connectivity index (χ0) is 23.6. The summed E-state index contributed by atoms with van der Waals surface area (Å²) in [5.41, 5.74) is 1.41. The van der Waals surface area contributed by atoms with Crippen molar-refractivity contribution in [3.05, 3.63) is 69.9 Å². The third-order valence-electron chi connectivity index (χ3n) is 5.38. The van der Waals surface area contributed by atoms with Crippen LogP contribution in [0.4, 0.5) is 10.1 Å². The Morgan fingerprint density at radius 2 is 1.97 bits per heavy atom. The second-order valence-corrected chi connectivity index (χ2v) is 11.3. The summed E-state index contributed by atoms with van der Waals surface area (Å²) in [6, 6.07) is 12.1. The normalized spacial score (nSPS) is 16.9. The second-order valence-electron chi connectivity index (χ2n) is 8.43. The van der Waals surface area contributed by atoms with Crippen molar-refractivity contribution in [2.24, 2.45) is 5.92 Å². The highest BCUT2D eigenvalue weighted by molar-refractivity contribution is 7.89. The molecule has 1 fully saturated rings. The van der Waals surface area contributed by atoms with Crippen LogP contribution in [-0.2, 0) is 16.4 Å². The predicted molar refractivity (Wildman–Crippen MR) is 125 cm³/mol. The molecule has 1 amide bonds. The van der Waals surface area contributed by atoms with E-state index in [0.29, 0.717) is 36.0 Å². The van der Waals surface area contributed by atoms with E-state index in [9.17, 15) is 17.6 Å². The van der Waals surface area contributed by atoms with Gasteiger partial charge in [0.15, 0.2) is 0 Å². The van der Waals surface area contributed by atoms with Crippen LogP contribution in [0.5, 0.6) is 0 Å². The summed E-state index contributed by atoms with van der Waals surface area (Å²) in [5, 5.41) is 11.2. The number of carbonyl (C=O) groups is 1. The van der Waals surface area contributed by atoms with Gasteiger partial charge in [-0.1, -0.05) is 43.4 Å². The molecule has 4 rings (SSSR count). The molecule has 2 aromatic carbocycles. The van der Waals surface area contributed by atoms with Gasteiger partial charge in [0, 0.05) is 12.2 Å². The molecule has 1 aromatic heterocycles. The Kier molecular flexibility index (Phi) is 6.87. The molecule has 0 saturated carbocycles. The smallest absolute Gasteiger partial charge is 0.286 e. The van der Waals surface area contributed by atoms with Crippen molar-refractivity contribution in [2.75, 3.05) is 11.9 Å². The number of sulfonamides is 1. The van der Waals surface area contributed by atoms with Crippen molar-refractivity contribution < 1.29 is 17.6 Å². The SMILES string of the molecule is CC(C)Cc1ccc(S(=O)(=O)N2CCC[C@H]2c2nnc(C(=O)Nc3cccc(F)c3)s2)cc1. The molecule has 1 atom stereocenters. The van der Waals surface area contributed by atoms with E-state index in [4.69, 9.17) is 0 Å². The summed E-state index contributed by atoms with van der Waals surface area (Å²) in [6.45, 7) is 4.62. The van der Waals surface area contributed by atoms with Crippen LogP contribution in [0.1, 0.15) is 53.1 Å². The third kappa shape index (κ3) is 5.29. The van der Waals surface area contributed by atoms with Gasteiger partial charge in [-0.3, -0.25) is 4.79 Å². The van der Waals surface area contributed by atoms with E-state index >= 15 is 0 Å². The molecule has 0 unspecified atom stereocenters. The Labute approximate surface area is 196 Å². The molecule has 2 heterocycles. The number of carbonyl (C=O) groups excluding carboxylic acids is 1. The molecule has 1 aliphatic rings. The van der Waals surface area contributed by atoms with Crippen molar-refractivity contribution in [1.82, 2.24) is 14.5 Å². The highest BCUT2D eigenvalue weighted by Crippen LogP contribution is 2.38. The summed E-state index contributed by atoms with van der Waals surface area (Å²) < 4.78 is 41.5. The lowest BCUT2D eigenvalue weighted by Gasteiger charge is -2.22. The van der Waals surface area contributed by atoms with E-state index in [1.54, 1.807) is 18.2 Å². The Bertz CT molecular complexity index is 1240. The van der Waals surface area contributed by atoms with Crippen LogP contribution in [0.3, 0.4) is 0 Å². The lowest BCUT2D eigenvalue weighted by atomic mass is 10.0. The molecule has 7 nitrogen and oxygen atoms in total. The molecule has 1 saturated heterocycles. The Morgan fingerprint density at radius 1 is 1.21 bits per heavy atom. The summed E-state index contributed by atoms with van der Waals surface area (Å²) in [5.74, 6) is -0.493. The molecular weight excluding hydrogens is 463 g/mol. The van der Waals surface area contributed by atoms with Gasteiger partial charge in [0.2, 0.25) is 15.0 Å². The highest BCUT2D eigenvalue weighted by Gasteiger charge is 2.38. The van der Waals surface area contributed by atoms with Gasteiger partial charge in [-0.2, -0.15) is 4.31 Å². The Hall–Kier alpha value is -2.69. The quantitative estimate of drug-likeness (QED) is 0.522. The van der Waals surface area contributed by atoms with Crippen LogP contribution in [0, 0.1) is 11.7 Å². The molecular formula is C23H25FN4O3S2. The van der Waals surface area contributed by atoms with Crippen molar-refractivity contribution >= 4 is 33.0 Å². The van der Waals surface area contributed by atoms with Gasteiger partial charge >= 0.3 is 0 Å². The summed E-state index contributed by atoms with van der Waals surface area (Å²) in [7, 11) is -3.72. The van der Waals surface area contributed by atoms with Gasteiger partial charge in [0.05, 0.1) is 10.9 Å². The van der Waals surface area contributed by atoms with Gasteiger partial charge in [-0.15, -0.1) is 10.2 Å². The van der Waals surface area contributed by atoms with E-state index in [1.165, 1.54) is 22.5 Å². The standard InChI is InChI=1S/C23H25FN4O3S2/c1-15(2)13-16-8-10-19(11-9-16)33(30,31)28-12-4-7-20(28)22-26-27-23(32-22)21(29)25-18-6-3-5-17(24)14-18/h3,5-6,8-11,14-15,20H,4,7,12-13H2,1-2H3,(H,25,29)/t20-/m0/s1. The van der Waals surface area contributed by atoms with E-state index in [0.717, 1.165) is 23.3 Å². The fourth-order valence-corrected chi connectivity index (χ4v) is 6.50. The van der Waals surface area contributed by atoms with Gasteiger partial charge in [-0.05, 0) is 61.1 Å². The Morgan fingerprint density at radius 3 is 2.67 bits per heavy atom. The van der Waals surface area contributed by atoms with Gasteiger partial charge in [-0.25, -0.2) is 12.8 Å². The van der Waals surface area contributed by atoms with Crippen LogP contribution in [-0.4, -0.2) is 35.4 Å². The van der Waals surface area contributed by atoms with Gasteiger partial charge in [0.1, 0.15) is 10.8 Å². The van der Waals surface area contributed by atoms with Crippen molar-refractivity contribution in [2.45, 2.75) is 44.0 Å². The zero-order valence-corrected chi connectivity index (χ0v) is 20.0. The largest absolute Gasteiger partial charge is 0.320 e. The van der Waals surface area contributed by atoms with E-state index in [1.807, 2.05) is 12.1 Å². The molecule has 1 N–H and O–H groups in total. The molecule has 33 heavy (non-hydrogen) atoms. The number of aromatic nitrogens is 2. The summed E-state index contributed by atoms with van der Waals surface area (Å²) in [4.78, 5) is 12.8. The van der Waals surface area contributed by atoms with Crippen LogP contribution >= 0.6 is 11.3 Å². The van der Waals surface area contributed by atoms with E-state index in [-0.39, 0.29) is 9.90 Å². The fraction of sp³-hybridized carbons (Fsp3) is 0.348. The minimum Gasteiger partial charge on any atom is -0.320 e. The fourth-order valence-electron chi connectivity index (χ4n) is 3.89. The van der Waals surface area contributed by atoms with Gasteiger partial charge in [0.25, 0.3) is 5.91 Å². The number of benzene rings is 2. The van der Waals surface area contributed by atoms with Gasteiger partial charge < -0.3 is 5.32 Å². The third-order valence-corrected chi connectivity index (χ3v) is 8.33. The maximum Gasteiger partial charge on any atom is 0.286 e. The van der Waals surface area contributed by atoms with Crippen LogP contribution in [0.2, 0.25) is 0 Å². The second kappa shape index (κ2) is 9.66. The van der Waals surface area contributed by atoms with Crippen LogP contribution in [0.15, 0.2) is 53.4 Å². The van der Waals surface area contributed by atoms with Crippen molar-refractivity contribution in [3.63, 3.8) is 0 Å². The summed E-state index contributed by atoms with van der Waals surface area (Å²) >= 11 is 1.05. The number of amides is 1. The van der Waals surface area contributed by atoms with Crippen molar-refractivity contribution in [1.29, 1.82) is 0 Å². The zero-order valence-electron chi connectivity index (χ0n) is 18.4. The van der Waals surface area contributed by atoms with Crippen molar-refractivity contribution in [3.8, 4) is 0 Å². The number of halogens is 1. The number of hydrogen-bond acceptors (Lipinski definition) is 6. The predicted octanol–water partition coefficient (Wildman–Crippen LogP) is 4.65. The number of hydrogen-bond donors (Lipinski definition) is 1. The average molecular weight is 489 g/mol. The first kappa shape index (κ1) is 23.5. The molecule has 0 radical (unpaired) electrons. The number of anilines is 1. The Balaban J connectivity index is 1.51. The maximum atomic E-state index is 13.4. The highest BCUT2D eigenvalue weighted by atomic mass is 32.2. The molecule has 0 spiro atoms. The monoisotopic (exact) mass is 488 g/mol. The van der Waals surface area contributed by atoms with Crippen LogP contribution < -0.4 is 5.32 Å². The molecule has 1 aliphatic heterocycles. The number of nitrogens with zero attached hydrogens (tertiary/aromatic N) is 3. The molecule has 0 aliphatic carbocycles. The van der Waals surface area contributed by atoms with Crippen LogP contribution in [0.25, 0.3) is 0 Å². The molecule has 174 valence electrons. The average Bonchev–Trinajstić information content (AvgIpc) is 3.44. The minimum atomic E-state index is -3.72. The lowest BCUT2D eigenvalue weighted by molar-refractivity contribution is 0.102. The topological polar surface area (TPSA) is 92.3 Å². The summed E-state index contributed by atoms with van der Waals surface area (Å²) in [6.07, 6.45) is 2.18. The van der Waals surface area contributed by atoms with E-state index < -0.39 is 27.8 Å². The molecule has 10 heteroatoms. The number of nitrogens with one attached hydrogen (secondary N) is 1. The number of rotatable bonds is 7. The first-order chi connectivity index (χ1) is 15.7. The molecule has 3 aromatic rings. The first-order valence-corrected chi connectivity index (χ1v) is 13.0. The lowest BCUT2D eigenvalue weighted by Crippen LogP contribution is -2.30. The maximum absolute atomic E-state index is 13.4. The molecule has 0 bridgehead atoms. The first-order valence-electron chi connectivity index (χ1n) is 10.7. The minimum absolute atomic E-state index is 0.0940.